The van der Waals surface area contributed by atoms with Gasteiger partial charge in [-0.05, 0) is 25.8 Å². The summed E-state index contributed by atoms with van der Waals surface area (Å²) in [6, 6.07) is 0. The summed E-state index contributed by atoms with van der Waals surface area (Å²) >= 11 is 1.02. The Morgan fingerprint density at radius 3 is 2.38 bits per heavy atom. The van der Waals surface area contributed by atoms with Gasteiger partial charge in [-0.3, -0.25) is 9.67 Å². The van der Waals surface area contributed by atoms with Crippen molar-refractivity contribution >= 4 is 17.3 Å². The minimum absolute atomic E-state index is 0.405. The van der Waals surface area contributed by atoms with E-state index in [4.69, 9.17) is 0 Å². The van der Waals surface area contributed by atoms with Crippen LogP contribution in [0, 0.1) is 13.8 Å². The van der Waals surface area contributed by atoms with Gasteiger partial charge in [0.05, 0.1) is 10.7 Å². The molecule has 2 aromatic rings. The molecular weight excluding hydrogens is 365 g/mol. The number of guanidine groups is 1. The Balaban J connectivity index is 1.77. The lowest BCUT2D eigenvalue weighted by Crippen LogP contribution is -2.39. The summed E-state index contributed by atoms with van der Waals surface area (Å²) in [5, 5.41) is 12.2. The molecule has 0 amide bonds. The van der Waals surface area contributed by atoms with Crippen LogP contribution in [-0.4, -0.2) is 40.9 Å². The maximum absolute atomic E-state index is 12.5. The van der Waals surface area contributed by atoms with E-state index >= 15 is 0 Å². The van der Waals surface area contributed by atoms with Crippen molar-refractivity contribution in [1.29, 1.82) is 0 Å². The second-order valence-corrected chi connectivity index (χ2v) is 6.77. The van der Waals surface area contributed by atoms with Crippen molar-refractivity contribution in [1.82, 2.24) is 25.4 Å². The smallest absolute Gasteiger partial charge is 0.356 e. The third kappa shape index (κ3) is 5.20. The van der Waals surface area contributed by atoms with E-state index in [1.54, 1.807) is 7.05 Å². The predicted octanol–water partition coefficient (Wildman–Crippen LogP) is 2.46. The van der Waals surface area contributed by atoms with E-state index in [1.165, 1.54) is 5.56 Å². The van der Waals surface area contributed by atoms with Crippen LogP contribution in [0.3, 0.4) is 0 Å². The van der Waals surface area contributed by atoms with Crippen LogP contribution in [-0.2, 0) is 26.1 Å². The molecule has 2 heterocycles. The number of rotatable bonds is 6. The average Bonchev–Trinajstić information content (AvgIpc) is 3.13. The molecule has 6 nitrogen and oxygen atoms in total. The highest BCUT2D eigenvalue weighted by Crippen LogP contribution is 2.29. The molecule has 0 radical (unpaired) electrons. The van der Waals surface area contributed by atoms with E-state index in [9.17, 15) is 13.2 Å². The zero-order chi connectivity index (χ0) is 19.3. The van der Waals surface area contributed by atoms with E-state index in [2.05, 4.69) is 25.7 Å². The maximum atomic E-state index is 12.5. The first kappa shape index (κ1) is 20.2. The van der Waals surface area contributed by atoms with Crippen LogP contribution in [0.1, 0.15) is 27.7 Å². The van der Waals surface area contributed by atoms with Crippen molar-refractivity contribution in [3.05, 3.63) is 33.0 Å². The normalized spacial score (nSPS) is 12.5. The van der Waals surface area contributed by atoms with Crippen LogP contribution in [0.4, 0.5) is 13.2 Å². The monoisotopic (exact) mass is 388 g/mol. The van der Waals surface area contributed by atoms with Crippen LogP contribution in [0.15, 0.2) is 10.4 Å². The lowest BCUT2D eigenvalue weighted by molar-refractivity contribution is -0.140. The molecule has 0 aromatic carbocycles. The standard InChI is InChI=1S/C16H23F3N6S/c1-10-12(11(2)25(4)24-10)5-7-21-15(20-3)22-8-6-14-23-13(9-26-14)16(17,18)19/h9H,5-8H2,1-4H3,(H2,20,21,22). The van der Waals surface area contributed by atoms with Crippen LogP contribution in [0.25, 0.3) is 0 Å². The van der Waals surface area contributed by atoms with Crippen LogP contribution in [0.5, 0.6) is 0 Å². The van der Waals surface area contributed by atoms with Crippen molar-refractivity contribution in [2.24, 2.45) is 12.0 Å². The van der Waals surface area contributed by atoms with Gasteiger partial charge in [0, 0.05) is 44.7 Å². The topological polar surface area (TPSA) is 67.1 Å². The molecule has 26 heavy (non-hydrogen) atoms. The van der Waals surface area contributed by atoms with Crippen molar-refractivity contribution in [3.63, 3.8) is 0 Å². The van der Waals surface area contributed by atoms with Crippen LogP contribution >= 0.6 is 11.3 Å². The van der Waals surface area contributed by atoms with Crippen LogP contribution < -0.4 is 10.6 Å². The molecule has 2 N–H and O–H groups in total. The Kier molecular flexibility index (Phi) is 6.63. The molecule has 10 heteroatoms. The van der Waals surface area contributed by atoms with E-state index in [0.717, 1.165) is 34.5 Å². The largest absolute Gasteiger partial charge is 0.434 e. The number of thiazole rings is 1. The quantitative estimate of drug-likeness (QED) is 0.589. The van der Waals surface area contributed by atoms with Gasteiger partial charge in [0.1, 0.15) is 0 Å². The molecule has 0 saturated heterocycles. The SMILES string of the molecule is CN=C(NCCc1nc(C(F)(F)F)cs1)NCCc1c(C)nn(C)c1C. The molecular formula is C16H23F3N6S. The highest BCUT2D eigenvalue weighted by Gasteiger charge is 2.33. The summed E-state index contributed by atoms with van der Waals surface area (Å²) in [4.78, 5) is 7.73. The molecule has 0 saturated carbocycles. The zero-order valence-corrected chi connectivity index (χ0v) is 16.1. The Labute approximate surface area is 154 Å². The second-order valence-electron chi connectivity index (χ2n) is 5.82. The molecule has 0 bridgehead atoms. The average molecular weight is 388 g/mol. The number of nitrogens with one attached hydrogen (secondary N) is 2. The Morgan fingerprint density at radius 1 is 1.23 bits per heavy atom. The molecule has 2 rings (SSSR count). The number of aromatic nitrogens is 3. The number of halogens is 3. The van der Waals surface area contributed by atoms with E-state index < -0.39 is 11.9 Å². The van der Waals surface area contributed by atoms with Crippen molar-refractivity contribution in [3.8, 4) is 0 Å². The predicted molar refractivity (Wildman–Crippen MR) is 96.6 cm³/mol. The van der Waals surface area contributed by atoms with E-state index in [1.807, 2.05) is 25.6 Å². The molecule has 0 aliphatic rings. The summed E-state index contributed by atoms with van der Waals surface area (Å²) < 4.78 is 39.5. The summed E-state index contributed by atoms with van der Waals surface area (Å²) in [5.41, 5.74) is 2.52. The molecule has 0 atom stereocenters. The molecule has 0 aliphatic carbocycles. The van der Waals surface area contributed by atoms with Gasteiger partial charge in [0.15, 0.2) is 11.7 Å². The van der Waals surface area contributed by atoms with E-state index in [-0.39, 0.29) is 0 Å². The minimum Gasteiger partial charge on any atom is -0.356 e. The lowest BCUT2D eigenvalue weighted by Gasteiger charge is -2.11. The first-order valence-corrected chi connectivity index (χ1v) is 9.05. The van der Waals surface area contributed by atoms with Crippen LogP contribution in [0.2, 0.25) is 0 Å². The molecule has 144 valence electrons. The van der Waals surface area contributed by atoms with Gasteiger partial charge in [-0.25, -0.2) is 4.98 Å². The summed E-state index contributed by atoms with van der Waals surface area (Å²) in [6.07, 6.45) is -3.17. The van der Waals surface area contributed by atoms with Crippen molar-refractivity contribution < 1.29 is 13.2 Å². The van der Waals surface area contributed by atoms with Gasteiger partial charge in [0.2, 0.25) is 0 Å². The Bertz CT molecular complexity index is 763. The summed E-state index contributed by atoms with van der Waals surface area (Å²) in [6.45, 7) is 5.15. The molecule has 0 spiro atoms. The fourth-order valence-corrected chi connectivity index (χ4v) is 3.35. The third-order valence-electron chi connectivity index (χ3n) is 4.02. The molecule has 2 aromatic heterocycles. The number of hydrogen-bond acceptors (Lipinski definition) is 4. The highest BCUT2D eigenvalue weighted by atomic mass is 32.1. The maximum Gasteiger partial charge on any atom is 0.434 e. The highest BCUT2D eigenvalue weighted by molar-refractivity contribution is 7.09. The minimum atomic E-state index is -4.39. The third-order valence-corrected chi connectivity index (χ3v) is 4.93. The second kappa shape index (κ2) is 8.52. The van der Waals surface area contributed by atoms with Gasteiger partial charge < -0.3 is 10.6 Å². The van der Waals surface area contributed by atoms with Gasteiger partial charge in [0.25, 0.3) is 0 Å². The first-order chi connectivity index (χ1) is 12.2. The van der Waals surface area contributed by atoms with Crippen molar-refractivity contribution in [2.45, 2.75) is 32.9 Å². The Hall–Kier alpha value is -2.10. The van der Waals surface area contributed by atoms with Gasteiger partial charge in [-0.2, -0.15) is 18.3 Å². The molecule has 0 aliphatic heterocycles. The first-order valence-electron chi connectivity index (χ1n) is 8.17. The molecule has 0 unspecified atom stereocenters. The lowest BCUT2D eigenvalue weighted by atomic mass is 10.1. The zero-order valence-electron chi connectivity index (χ0n) is 15.2. The number of nitrogens with zero attached hydrogens (tertiary/aromatic N) is 4. The molecule has 0 fully saturated rings. The number of aliphatic imine (C=N–C) groups is 1. The fraction of sp³-hybridized carbons (Fsp3) is 0.562. The Morgan fingerprint density at radius 2 is 1.88 bits per heavy atom. The van der Waals surface area contributed by atoms with Gasteiger partial charge >= 0.3 is 6.18 Å². The van der Waals surface area contributed by atoms with Gasteiger partial charge in [-0.15, -0.1) is 11.3 Å². The summed E-state index contributed by atoms with van der Waals surface area (Å²) in [7, 11) is 3.57. The number of alkyl halides is 3. The van der Waals surface area contributed by atoms with Crippen molar-refractivity contribution in [2.75, 3.05) is 20.1 Å². The fourth-order valence-electron chi connectivity index (χ4n) is 2.55. The number of hydrogen-bond donors (Lipinski definition) is 2. The summed E-state index contributed by atoms with van der Waals surface area (Å²) in [5.74, 6) is 0.608. The van der Waals surface area contributed by atoms with E-state index in [0.29, 0.717) is 30.5 Å². The van der Waals surface area contributed by atoms with Gasteiger partial charge in [-0.1, -0.05) is 0 Å². The number of aryl methyl sites for hydroxylation is 2.